The van der Waals surface area contributed by atoms with Crippen molar-refractivity contribution in [3.8, 4) is 0 Å². The van der Waals surface area contributed by atoms with Gasteiger partial charge in [0.15, 0.2) is 0 Å². The fourth-order valence-corrected chi connectivity index (χ4v) is 2.28. The third kappa shape index (κ3) is 2.68. The maximum absolute atomic E-state index is 5.86. The van der Waals surface area contributed by atoms with Crippen molar-refractivity contribution >= 4 is 23.7 Å². The van der Waals surface area contributed by atoms with E-state index >= 15 is 0 Å². The lowest BCUT2D eigenvalue weighted by atomic mass is 10.0. The van der Waals surface area contributed by atoms with Gasteiger partial charge in [-0.25, -0.2) is 0 Å². The molecule has 2 heterocycles. The Morgan fingerprint density at radius 3 is 3.00 bits per heavy atom. The molecule has 1 aliphatic heterocycles. The molecule has 74 valence electrons. The summed E-state index contributed by atoms with van der Waals surface area (Å²) in [6, 6.07) is 4.50. The molecule has 0 amide bonds. The second kappa shape index (κ2) is 4.96. The van der Waals surface area contributed by atoms with Crippen molar-refractivity contribution in [2.24, 2.45) is 5.73 Å². The Morgan fingerprint density at radius 1 is 1.54 bits per heavy atom. The van der Waals surface area contributed by atoms with E-state index in [1.807, 2.05) is 0 Å². The van der Waals surface area contributed by atoms with Crippen molar-refractivity contribution in [1.29, 1.82) is 0 Å². The molecule has 2 nitrogen and oxygen atoms in total. The monoisotopic (exact) mass is 219 g/mol. The van der Waals surface area contributed by atoms with Crippen LogP contribution in [0, 0.1) is 0 Å². The van der Waals surface area contributed by atoms with Crippen LogP contribution in [0.15, 0.2) is 17.5 Å². The lowest BCUT2D eigenvalue weighted by molar-refractivity contribution is 0.00886. The molecule has 13 heavy (non-hydrogen) atoms. The fraction of sp³-hybridized carbons (Fsp3) is 0.556. The second-order valence-corrected chi connectivity index (χ2v) is 4.14. The van der Waals surface area contributed by atoms with E-state index in [1.165, 1.54) is 4.88 Å². The SMILES string of the molecule is Cl.NC1CCOC(c2cccs2)C1. The molecule has 1 aliphatic rings. The lowest BCUT2D eigenvalue weighted by Crippen LogP contribution is -2.30. The topological polar surface area (TPSA) is 35.2 Å². The molecule has 0 radical (unpaired) electrons. The maximum Gasteiger partial charge on any atom is 0.0931 e. The highest BCUT2D eigenvalue weighted by Crippen LogP contribution is 2.29. The summed E-state index contributed by atoms with van der Waals surface area (Å²) in [5, 5.41) is 2.08. The summed E-state index contributed by atoms with van der Waals surface area (Å²) in [7, 11) is 0. The van der Waals surface area contributed by atoms with E-state index in [4.69, 9.17) is 10.5 Å². The van der Waals surface area contributed by atoms with Crippen LogP contribution in [0.1, 0.15) is 23.8 Å². The standard InChI is InChI=1S/C9H13NOS.ClH/c10-7-3-4-11-8(6-7)9-2-1-5-12-9;/h1-2,5,7-8H,3-4,6,10H2;1H. The molecule has 0 bridgehead atoms. The molecule has 2 N–H and O–H groups in total. The fourth-order valence-electron chi connectivity index (χ4n) is 1.50. The predicted octanol–water partition coefficient (Wildman–Crippen LogP) is 2.35. The van der Waals surface area contributed by atoms with E-state index < -0.39 is 0 Å². The predicted molar refractivity (Wildman–Crippen MR) is 57.5 cm³/mol. The summed E-state index contributed by atoms with van der Waals surface area (Å²) >= 11 is 1.75. The zero-order chi connectivity index (χ0) is 8.39. The summed E-state index contributed by atoms with van der Waals surface area (Å²) in [6.07, 6.45) is 2.23. The van der Waals surface area contributed by atoms with Gasteiger partial charge in [-0.1, -0.05) is 6.07 Å². The second-order valence-electron chi connectivity index (χ2n) is 3.16. The van der Waals surface area contributed by atoms with E-state index in [-0.39, 0.29) is 18.5 Å². The Hall–Kier alpha value is -0.0900. The van der Waals surface area contributed by atoms with Crippen LogP contribution in [-0.4, -0.2) is 12.6 Å². The molecule has 1 saturated heterocycles. The molecule has 1 aromatic rings. The smallest absolute Gasteiger partial charge is 0.0931 e. The van der Waals surface area contributed by atoms with E-state index in [9.17, 15) is 0 Å². The van der Waals surface area contributed by atoms with E-state index in [2.05, 4.69) is 17.5 Å². The van der Waals surface area contributed by atoms with Gasteiger partial charge in [0.2, 0.25) is 0 Å². The summed E-state index contributed by atoms with van der Waals surface area (Å²) in [5.74, 6) is 0. The molecule has 4 heteroatoms. The Morgan fingerprint density at radius 2 is 2.38 bits per heavy atom. The number of nitrogens with two attached hydrogens (primary N) is 1. The van der Waals surface area contributed by atoms with Gasteiger partial charge in [0.05, 0.1) is 6.10 Å². The lowest BCUT2D eigenvalue weighted by Gasteiger charge is -2.26. The van der Waals surface area contributed by atoms with Gasteiger partial charge in [-0.2, -0.15) is 0 Å². The molecule has 2 atom stereocenters. The average molecular weight is 220 g/mol. The quantitative estimate of drug-likeness (QED) is 0.787. The highest BCUT2D eigenvalue weighted by molar-refractivity contribution is 7.10. The zero-order valence-corrected chi connectivity index (χ0v) is 8.94. The first kappa shape index (κ1) is 11.0. The molecule has 1 fully saturated rings. The Balaban J connectivity index is 0.000000845. The summed E-state index contributed by atoms with van der Waals surface area (Å²) < 4.78 is 5.62. The van der Waals surface area contributed by atoms with E-state index in [0.29, 0.717) is 6.04 Å². The van der Waals surface area contributed by atoms with Gasteiger partial charge in [-0.3, -0.25) is 0 Å². The van der Waals surface area contributed by atoms with Gasteiger partial charge in [-0.15, -0.1) is 23.7 Å². The van der Waals surface area contributed by atoms with Gasteiger partial charge in [-0.05, 0) is 24.3 Å². The molecule has 1 aromatic heterocycles. The highest BCUT2D eigenvalue weighted by atomic mass is 35.5. The average Bonchev–Trinajstić information content (AvgIpc) is 2.56. The number of thiophene rings is 1. The number of halogens is 1. The third-order valence-corrected chi connectivity index (χ3v) is 3.15. The first-order chi connectivity index (χ1) is 5.86. The van der Waals surface area contributed by atoms with Gasteiger partial charge < -0.3 is 10.5 Å². The first-order valence-electron chi connectivity index (χ1n) is 4.27. The molecule has 0 aliphatic carbocycles. The molecule has 0 saturated carbocycles. The Bertz CT molecular complexity index is 240. The van der Waals surface area contributed by atoms with Crippen LogP contribution in [0.3, 0.4) is 0 Å². The normalized spacial score (nSPS) is 28.1. The number of hydrogen-bond acceptors (Lipinski definition) is 3. The number of rotatable bonds is 1. The minimum Gasteiger partial charge on any atom is -0.373 e. The molecule has 2 unspecified atom stereocenters. The van der Waals surface area contributed by atoms with Crippen LogP contribution in [0.25, 0.3) is 0 Å². The Labute approximate surface area is 88.5 Å². The Kier molecular flexibility index (Phi) is 4.19. The van der Waals surface area contributed by atoms with Crippen LogP contribution in [0.5, 0.6) is 0 Å². The number of hydrogen-bond donors (Lipinski definition) is 1. The van der Waals surface area contributed by atoms with Crippen molar-refractivity contribution < 1.29 is 4.74 Å². The minimum absolute atomic E-state index is 0. The van der Waals surface area contributed by atoms with Crippen LogP contribution >= 0.6 is 23.7 Å². The zero-order valence-electron chi connectivity index (χ0n) is 7.31. The van der Waals surface area contributed by atoms with Crippen LogP contribution in [-0.2, 0) is 4.74 Å². The van der Waals surface area contributed by atoms with Gasteiger partial charge in [0.1, 0.15) is 0 Å². The molecule has 2 rings (SSSR count). The largest absolute Gasteiger partial charge is 0.373 e. The van der Waals surface area contributed by atoms with Crippen LogP contribution in [0.2, 0.25) is 0 Å². The van der Waals surface area contributed by atoms with Gasteiger partial charge in [0, 0.05) is 17.5 Å². The summed E-state index contributed by atoms with van der Waals surface area (Å²) in [6.45, 7) is 0.809. The van der Waals surface area contributed by atoms with Gasteiger partial charge in [0.25, 0.3) is 0 Å². The minimum atomic E-state index is 0. The number of ether oxygens (including phenoxy) is 1. The van der Waals surface area contributed by atoms with Crippen molar-refractivity contribution in [1.82, 2.24) is 0 Å². The van der Waals surface area contributed by atoms with E-state index in [0.717, 1.165) is 19.4 Å². The third-order valence-electron chi connectivity index (χ3n) is 2.19. The van der Waals surface area contributed by atoms with E-state index in [1.54, 1.807) is 11.3 Å². The van der Waals surface area contributed by atoms with Crippen LogP contribution in [0.4, 0.5) is 0 Å². The molecule has 0 aromatic carbocycles. The van der Waals surface area contributed by atoms with Crippen molar-refractivity contribution in [3.63, 3.8) is 0 Å². The van der Waals surface area contributed by atoms with Gasteiger partial charge >= 0.3 is 0 Å². The highest BCUT2D eigenvalue weighted by Gasteiger charge is 2.21. The first-order valence-corrected chi connectivity index (χ1v) is 5.15. The molecule has 0 spiro atoms. The molecular weight excluding hydrogens is 206 g/mol. The molecular formula is C9H14ClNOS. The van der Waals surface area contributed by atoms with Crippen molar-refractivity contribution in [3.05, 3.63) is 22.4 Å². The maximum atomic E-state index is 5.86. The summed E-state index contributed by atoms with van der Waals surface area (Å²) in [4.78, 5) is 1.31. The van der Waals surface area contributed by atoms with Crippen molar-refractivity contribution in [2.75, 3.05) is 6.61 Å². The van der Waals surface area contributed by atoms with Crippen molar-refractivity contribution in [2.45, 2.75) is 25.0 Å². The van der Waals surface area contributed by atoms with Crippen LogP contribution < -0.4 is 5.73 Å². The summed E-state index contributed by atoms with van der Waals surface area (Å²) in [5.41, 5.74) is 5.86.